The van der Waals surface area contributed by atoms with Crippen LogP contribution >= 0.6 is 0 Å². The van der Waals surface area contributed by atoms with Gasteiger partial charge in [0.1, 0.15) is 11.6 Å². The Bertz CT molecular complexity index is 1100. The van der Waals surface area contributed by atoms with Gasteiger partial charge in [-0.15, -0.1) is 0 Å². The van der Waals surface area contributed by atoms with Crippen molar-refractivity contribution in [1.82, 2.24) is 19.9 Å². The quantitative estimate of drug-likeness (QED) is 0.549. The highest BCUT2D eigenvalue weighted by Gasteiger charge is 2.18. The molecule has 1 aliphatic rings. The minimum atomic E-state index is -0.132. The molecule has 2 N–H and O–H groups in total. The highest BCUT2D eigenvalue weighted by Crippen LogP contribution is 2.19. The number of benzene rings is 1. The molecule has 1 fully saturated rings. The summed E-state index contributed by atoms with van der Waals surface area (Å²) in [6.45, 7) is 11.7. The molecule has 7 nitrogen and oxygen atoms in total. The minimum Gasteiger partial charge on any atom is -0.369 e. The van der Waals surface area contributed by atoms with Gasteiger partial charge in [-0.2, -0.15) is 0 Å². The number of hydrogen-bond acceptors (Lipinski definition) is 6. The van der Waals surface area contributed by atoms with Crippen molar-refractivity contribution in [3.63, 3.8) is 0 Å². The van der Waals surface area contributed by atoms with Gasteiger partial charge in [0.2, 0.25) is 0 Å². The predicted octanol–water partition coefficient (Wildman–Crippen LogP) is 3.72. The van der Waals surface area contributed by atoms with E-state index in [9.17, 15) is 4.79 Å². The Balaban J connectivity index is 1.24. The Kier molecular flexibility index (Phi) is 7.40. The van der Waals surface area contributed by atoms with E-state index in [-0.39, 0.29) is 5.56 Å². The molecule has 1 unspecified atom stereocenters. The molecular weight excluding hydrogens is 412 g/mol. The minimum absolute atomic E-state index is 0.132. The lowest BCUT2D eigenvalue weighted by Gasteiger charge is -2.36. The highest BCUT2D eigenvalue weighted by atomic mass is 16.1. The lowest BCUT2D eigenvalue weighted by atomic mass is 10.1. The van der Waals surface area contributed by atoms with Crippen molar-refractivity contribution in [2.45, 2.75) is 39.7 Å². The maximum atomic E-state index is 11.8. The van der Waals surface area contributed by atoms with Gasteiger partial charge in [0.15, 0.2) is 0 Å². The molecule has 1 aromatic carbocycles. The van der Waals surface area contributed by atoms with E-state index >= 15 is 0 Å². The molecular formula is C26H34N6O. The van der Waals surface area contributed by atoms with Crippen LogP contribution in [0.1, 0.15) is 31.5 Å². The highest BCUT2D eigenvalue weighted by molar-refractivity contribution is 5.56. The number of anilines is 2. The Morgan fingerprint density at radius 2 is 1.94 bits per heavy atom. The van der Waals surface area contributed by atoms with Gasteiger partial charge in [-0.25, -0.2) is 9.97 Å². The zero-order chi connectivity index (χ0) is 23.2. The van der Waals surface area contributed by atoms with E-state index in [2.05, 4.69) is 68.2 Å². The average molecular weight is 447 g/mol. The molecule has 0 bridgehead atoms. The van der Waals surface area contributed by atoms with Gasteiger partial charge in [-0.1, -0.05) is 19.1 Å². The van der Waals surface area contributed by atoms with E-state index < -0.39 is 0 Å². The lowest BCUT2D eigenvalue weighted by Crippen LogP contribution is -2.47. The van der Waals surface area contributed by atoms with Crippen molar-refractivity contribution in [2.75, 3.05) is 42.9 Å². The standard InChI is InChI=1S/C26H34N6O/c1-4-22-17-25(33)30-26(29-22)21-8-9-24(27-18-21)28-20(3)10-11-31-12-14-32(15-13-31)23-7-5-6-19(2)16-23/h5-9,16-18,20H,4,10-15H2,1-3H3,(H,27,28)(H,29,30,33). The number of nitrogens with one attached hydrogen (secondary N) is 2. The molecule has 1 saturated heterocycles. The molecule has 1 atom stereocenters. The molecule has 3 aromatic rings. The zero-order valence-electron chi connectivity index (χ0n) is 19.8. The molecule has 7 heteroatoms. The molecule has 4 rings (SSSR count). The van der Waals surface area contributed by atoms with Crippen molar-refractivity contribution >= 4 is 11.5 Å². The molecule has 3 heterocycles. The van der Waals surface area contributed by atoms with Crippen LogP contribution in [0.4, 0.5) is 11.5 Å². The molecule has 2 aromatic heterocycles. The smallest absolute Gasteiger partial charge is 0.251 e. The average Bonchev–Trinajstić information content (AvgIpc) is 2.83. The molecule has 0 spiro atoms. The van der Waals surface area contributed by atoms with Gasteiger partial charge in [-0.05, 0) is 56.5 Å². The van der Waals surface area contributed by atoms with Crippen molar-refractivity contribution in [3.8, 4) is 11.4 Å². The summed E-state index contributed by atoms with van der Waals surface area (Å²) in [5, 5.41) is 3.49. The van der Waals surface area contributed by atoms with E-state index in [1.54, 1.807) is 6.20 Å². The lowest BCUT2D eigenvalue weighted by molar-refractivity contribution is 0.251. The number of hydrogen-bond donors (Lipinski definition) is 2. The second-order valence-corrected chi connectivity index (χ2v) is 8.87. The summed E-state index contributed by atoms with van der Waals surface area (Å²) in [5.74, 6) is 1.40. The third-order valence-electron chi connectivity index (χ3n) is 6.21. The van der Waals surface area contributed by atoms with Gasteiger partial charge >= 0.3 is 0 Å². The molecule has 0 radical (unpaired) electrons. The number of H-pyrrole nitrogens is 1. The number of aromatic nitrogens is 3. The van der Waals surface area contributed by atoms with E-state index in [1.165, 1.54) is 17.3 Å². The van der Waals surface area contributed by atoms with Crippen molar-refractivity contribution in [2.24, 2.45) is 0 Å². The predicted molar refractivity (Wildman–Crippen MR) is 135 cm³/mol. The third kappa shape index (κ3) is 6.20. The van der Waals surface area contributed by atoms with Crippen LogP contribution in [0.3, 0.4) is 0 Å². The summed E-state index contributed by atoms with van der Waals surface area (Å²) >= 11 is 0. The molecule has 33 heavy (non-hydrogen) atoms. The second kappa shape index (κ2) is 10.6. The number of nitrogens with zero attached hydrogens (tertiary/aromatic N) is 4. The van der Waals surface area contributed by atoms with Gasteiger partial charge in [0.25, 0.3) is 5.56 Å². The van der Waals surface area contributed by atoms with Crippen LogP contribution in [-0.2, 0) is 6.42 Å². The summed E-state index contributed by atoms with van der Waals surface area (Å²) in [6, 6.07) is 14.5. The van der Waals surface area contributed by atoms with Gasteiger partial charge in [0, 0.05) is 68.0 Å². The van der Waals surface area contributed by atoms with Crippen LogP contribution in [0, 0.1) is 6.92 Å². The maximum absolute atomic E-state index is 11.8. The Labute approximate surface area is 195 Å². The molecule has 174 valence electrons. The molecule has 0 amide bonds. The Hall–Kier alpha value is -3.19. The topological polar surface area (TPSA) is 77.2 Å². The molecule has 0 aliphatic carbocycles. The first kappa shape index (κ1) is 23.0. The molecule has 1 aliphatic heterocycles. The van der Waals surface area contributed by atoms with E-state index in [4.69, 9.17) is 0 Å². The van der Waals surface area contributed by atoms with Gasteiger partial charge < -0.3 is 15.2 Å². The first-order chi connectivity index (χ1) is 16.0. The van der Waals surface area contributed by atoms with Crippen LogP contribution in [0.15, 0.2) is 53.5 Å². The number of aromatic amines is 1. The van der Waals surface area contributed by atoms with Gasteiger partial charge in [0.05, 0.1) is 0 Å². The zero-order valence-corrected chi connectivity index (χ0v) is 19.8. The molecule has 0 saturated carbocycles. The summed E-state index contributed by atoms with van der Waals surface area (Å²) in [7, 11) is 0. The first-order valence-electron chi connectivity index (χ1n) is 11.9. The van der Waals surface area contributed by atoms with Crippen LogP contribution in [0.5, 0.6) is 0 Å². The largest absolute Gasteiger partial charge is 0.369 e. The fourth-order valence-electron chi connectivity index (χ4n) is 4.20. The maximum Gasteiger partial charge on any atom is 0.251 e. The summed E-state index contributed by atoms with van der Waals surface area (Å²) in [4.78, 5) is 28.7. The number of piperazine rings is 1. The number of aryl methyl sites for hydroxylation is 2. The van der Waals surface area contributed by atoms with Gasteiger partial charge in [-0.3, -0.25) is 9.69 Å². The van der Waals surface area contributed by atoms with Crippen LogP contribution in [0.2, 0.25) is 0 Å². The monoisotopic (exact) mass is 446 g/mol. The number of rotatable bonds is 8. The normalized spacial score (nSPS) is 15.4. The Morgan fingerprint density at radius 1 is 1.12 bits per heavy atom. The fourth-order valence-corrected chi connectivity index (χ4v) is 4.20. The summed E-state index contributed by atoms with van der Waals surface area (Å²) < 4.78 is 0. The first-order valence-corrected chi connectivity index (χ1v) is 11.9. The SMILES string of the molecule is CCc1cc(=O)[nH]c(-c2ccc(NC(C)CCN3CCN(c4cccc(C)c4)CC3)nc2)n1. The third-order valence-corrected chi connectivity index (χ3v) is 6.21. The number of pyridine rings is 1. The van der Waals surface area contributed by atoms with Crippen molar-refractivity contribution in [1.29, 1.82) is 0 Å². The summed E-state index contributed by atoms with van der Waals surface area (Å²) in [6.07, 6.45) is 3.54. The Morgan fingerprint density at radius 3 is 2.64 bits per heavy atom. The van der Waals surface area contributed by atoms with Crippen LogP contribution < -0.4 is 15.8 Å². The van der Waals surface area contributed by atoms with Crippen molar-refractivity contribution < 1.29 is 0 Å². The van der Waals surface area contributed by atoms with Crippen LogP contribution in [0.25, 0.3) is 11.4 Å². The van der Waals surface area contributed by atoms with E-state index in [0.717, 1.165) is 62.6 Å². The fraction of sp³-hybridized carbons (Fsp3) is 0.423. The second-order valence-electron chi connectivity index (χ2n) is 8.87. The van der Waals surface area contributed by atoms with E-state index in [0.29, 0.717) is 11.9 Å². The van der Waals surface area contributed by atoms with Crippen molar-refractivity contribution in [3.05, 3.63) is 70.3 Å². The summed E-state index contributed by atoms with van der Waals surface area (Å²) in [5.41, 5.74) is 4.11. The van der Waals surface area contributed by atoms with Crippen LogP contribution in [-0.4, -0.2) is 58.6 Å². The van der Waals surface area contributed by atoms with E-state index in [1.807, 2.05) is 19.1 Å².